The highest BCUT2D eigenvalue weighted by molar-refractivity contribution is 7.04. The van der Waals surface area contributed by atoms with Crippen LogP contribution in [0.15, 0.2) is 182 Å². The third-order valence-electron chi connectivity index (χ3n) is 14.3. The van der Waals surface area contributed by atoms with Gasteiger partial charge in [-0.2, -0.15) is 0 Å². The summed E-state index contributed by atoms with van der Waals surface area (Å²) in [6.45, 7) is 9.83. The molecular formula is C58H42N4Si2. The number of pyridine rings is 4. The van der Waals surface area contributed by atoms with Gasteiger partial charge in [0.2, 0.25) is 0 Å². The minimum absolute atomic E-state index is 0.899. The molecule has 0 radical (unpaired) electrons. The Morgan fingerprint density at radius 2 is 0.578 bits per heavy atom. The lowest BCUT2D eigenvalue weighted by Gasteiger charge is -2.18. The number of rotatable bonds is 4. The van der Waals surface area contributed by atoms with Crippen LogP contribution in [0.4, 0.5) is 0 Å². The van der Waals surface area contributed by atoms with Gasteiger partial charge in [0, 0.05) is 43.8 Å². The third-order valence-corrected chi connectivity index (χ3v) is 21.4. The molecule has 6 heteroatoms. The highest BCUT2D eigenvalue weighted by atomic mass is 28.3. The number of fused-ring (bicyclic) bond motifs is 12. The Labute approximate surface area is 374 Å². The Balaban J connectivity index is 0.869. The summed E-state index contributed by atoms with van der Waals surface area (Å²) in [5.74, 6) is 0. The first-order valence-corrected chi connectivity index (χ1v) is 28.2. The fraction of sp³-hybridized carbons (Fsp3) is 0.0690. The first-order chi connectivity index (χ1) is 31.2. The largest absolute Gasteiger partial charge is 0.245 e. The van der Waals surface area contributed by atoms with E-state index >= 15 is 0 Å². The summed E-state index contributed by atoms with van der Waals surface area (Å²) < 4.78 is 0. The van der Waals surface area contributed by atoms with Crippen LogP contribution in [-0.4, -0.2) is 36.1 Å². The highest BCUT2D eigenvalue weighted by Gasteiger charge is 2.38. The van der Waals surface area contributed by atoms with Crippen molar-refractivity contribution in [3.63, 3.8) is 0 Å². The van der Waals surface area contributed by atoms with Gasteiger partial charge in [-0.05, 0) is 85.5 Å². The van der Waals surface area contributed by atoms with Crippen molar-refractivity contribution < 1.29 is 0 Å². The lowest BCUT2D eigenvalue weighted by atomic mass is 10.0. The van der Waals surface area contributed by atoms with Crippen LogP contribution in [0.5, 0.6) is 0 Å². The van der Waals surface area contributed by atoms with Gasteiger partial charge in [-0.15, -0.1) is 0 Å². The monoisotopic (exact) mass is 850 g/mol. The SMILES string of the molecule is C[Si]1(C)c2ccccc2-c2cc(-c3ccc4ccc5ccc(-c6cccc(-c7ccc8ccc9ccc(-c%10ccc%11c(c%10)-c%10ccccc%10[Si]%11(C)C)nc9c8n7)c6)nc5c4n3)ccc21. The van der Waals surface area contributed by atoms with Crippen molar-refractivity contribution in [3.05, 3.63) is 182 Å². The maximum Gasteiger partial charge on any atom is 0.113 e. The molecule has 4 nitrogen and oxygen atoms in total. The fourth-order valence-electron chi connectivity index (χ4n) is 10.8. The zero-order chi connectivity index (χ0) is 42.9. The molecule has 0 spiro atoms. The summed E-state index contributed by atoms with van der Waals surface area (Å²) in [6.07, 6.45) is 0. The van der Waals surface area contributed by atoms with Gasteiger partial charge in [0.1, 0.15) is 16.1 Å². The van der Waals surface area contributed by atoms with E-state index in [0.717, 1.165) is 88.6 Å². The normalized spacial score (nSPS) is 14.2. The van der Waals surface area contributed by atoms with Gasteiger partial charge in [-0.1, -0.05) is 166 Å². The Morgan fingerprint density at radius 1 is 0.266 bits per heavy atom. The van der Waals surface area contributed by atoms with E-state index < -0.39 is 16.1 Å². The van der Waals surface area contributed by atoms with Gasteiger partial charge in [-0.3, -0.25) is 0 Å². The first-order valence-electron chi connectivity index (χ1n) is 22.2. The lowest BCUT2D eigenvalue weighted by Crippen LogP contribution is -2.49. The van der Waals surface area contributed by atoms with Crippen LogP contribution in [0.2, 0.25) is 26.2 Å². The van der Waals surface area contributed by atoms with Crippen LogP contribution in [-0.2, 0) is 0 Å². The lowest BCUT2D eigenvalue weighted by molar-refractivity contribution is 1.35. The van der Waals surface area contributed by atoms with Crippen molar-refractivity contribution in [1.29, 1.82) is 0 Å². The second-order valence-corrected chi connectivity index (χ2v) is 27.3. The maximum absolute atomic E-state index is 5.34. The topological polar surface area (TPSA) is 51.6 Å². The van der Waals surface area contributed by atoms with Crippen molar-refractivity contribution in [2.24, 2.45) is 0 Å². The average molecular weight is 851 g/mol. The predicted molar refractivity (Wildman–Crippen MR) is 274 cm³/mol. The summed E-state index contributed by atoms with van der Waals surface area (Å²) in [5, 5.41) is 10.3. The minimum atomic E-state index is -1.74. The van der Waals surface area contributed by atoms with Gasteiger partial charge in [0.05, 0.1) is 44.8 Å². The zero-order valence-corrected chi connectivity index (χ0v) is 38.1. The molecule has 64 heavy (non-hydrogen) atoms. The Morgan fingerprint density at radius 3 is 0.953 bits per heavy atom. The average Bonchev–Trinajstić information content (AvgIpc) is 3.72. The number of nitrogens with zero attached hydrogens (tertiary/aromatic N) is 4. The number of benzene rings is 7. The van der Waals surface area contributed by atoms with Crippen LogP contribution < -0.4 is 20.7 Å². The molecule has 0 unspecified atom stereocenters. The molecule has 7 aromatic carbocycles. The molecule has 6 heterocycles. The molecule has 0 saturated carbocycles. The molecule has 0 fully saturated rings. The second-order valence-electron chi connectivity index (χ2n) is 18.6. The van der Waals surface area contributed by atoms with Gasteiger partial charge < -0.3 is 0 Å². The van der Waals surface area contributed by atoms with E-state index in [2.05, 4.69) is 208 Å². The molecule has 2 aliphatic rings. The standard InChI is InChI=1S/C58H42N4Si2/c1-63(2)51-14-7-5-12-43(51)45-33-41(24-30-53(45)63)49-28-22-37-18-16-35-20-26-47(59-55(35)57(37)61-49)39-10-9-11-40(32-39)48-27-21-36-17-19-38-23-29-50(62-58(38)56(36)60-48)42-25-31-54-46(34-42)44-13-6-8-15-52(44)64(54,3)4/h5-34H,1-4H3. The third kappa shape index (κ3) is 5.52. The van der Waals surface area contributed by atoms with E-state index in [0.29, 0.717) is 0 Å². The molecule has 0 amide bonds. The fourth-order valence-corrected chi connectivity index (χ4v) is 16.9. The van der Waals surface area contributed by atoms with Crippen molar-refractivity contribution in [3.8, 4) is 67.3 Å². The number of hydrogen-bond donors (Lipinski definition) is 0. The smallest absolute Gasteiger partial charge is 0.113 e. The summed E-state index contributed by atoms with van der Waals surface area (Å²) in [4.78, 5) is 21.3. The first kappa shape index (κ1) is 37.2. The number of aromatic nitrogens is 4. The molecule has 0 saturated heterocycles. The van der Waals surface area contributed by atoms with E-state index in [1.165, 1.54) is 43.0 Å². The van der Waals surface area contributed by atoms with Crippen molar-refractivity contribution in [2.75, 3.05) is 0 Å². The van der Waals surface area contributed by atoms with Gasteiger partial charge in [0.15, 0.2) is 0 Å². The molecule has 302 valence electrons. The Kier molecular flexibility index (Phi) is 7.88. The van der Waals surface area contributed by atoms with Crippen LogP contribution >= 0.6 is 0 Å². The minimum Gasteiger partial charge on any atom is -0.245 e. The molecule has 11 aromatic rings. The molecule has 4 aromatic heterocycles. The maximum atomic E-state index is 5.34. The zero-order valence-electron chi connectivity index (χ0n) is 36.1. The molecular weight excluding hydrogens is 809 g/mol. The predicted octanol–water partition coefficient (Wildman–Crippen LogP) is 12.2. The van der Waals surface area contributed by atoms with E-state index in [-0.39, 0.29) is 0 Å². The van der Waals surface area contributed by atoms with E-state index in [9.17, 15) is 0 Å². The Hall–Kier alpha value is -7.39. The quantitative estimate of drug-likeness (QED) is 0.131. The molecule has 2 aliphatic heterocycles. The van der Waals surface area contributed by atoms with E-state index in [1.54, 1.807) is 0 Å². The molecule has 0 N–H and O–H groups in total. The Bertz CT molecular complexity index is 3570. The number of hydrogen-bond acceptors (Lipinski definition) is 4. The van der Waals surface area contributed by atoms with Crippen molar-refractivity contribution in [1.82, 2.24) is 19.9 Å². The summed E-state index contributed by atoms with van der Waals surface area (Å²) in [5.41, 5.74) is 17.1. The van der Waals surface area contributed by atoms with E-state index in [4.69, 9.17) is 19.9 Å². The molecule has 0 bridgehead atoms. The van der Waals surface area contributed by atoms with Gasteiger partial charge in [0.25, 0.3) is 0 Å². The van der Waals surface area contributed by atoms with Crippen molar-refractivity contribution in [2.45, 2.75) is 26.2 Å². The van der Waals surface area contributed by atoms with Crippen LogP contribution in [0, 0.1) is 0 Å². The molecule has 13 rings (SSSR count). The van der Waals surface area contributed by atoms with E-state index in [1.807, 2.05) is 0 Å². The molecule has 0 aliphatic carbocycles. The van der Waals surface area contributed by atoms with Crippen LogP contribution in [0.25, 0.3) is 111 Å². The van der Waals surface area contributed by atoms with Gasteiger partial charge in [-0.25, -0.2) is 19.9 Å². The highest BCUT2D eigenvalue weighted by Crippen LogP contribution is 2.36. The summed E-state index contributed by atoms with van der Waals surface area (Å²) in [7, 11) is -3.48. The summed E-state index contributed by atoms with van der Waals surface area (Å²) in [6, 6.07) is 66.3. The van der Waals surface area contributed by atoms with Crippen LogP contribution in [0.3, 0.4) is 0 Å². The van der Waals surface area contributed by atoms with Gasteiger partial charge >= 0.3 is 0 Å². The summed E-state index contributed by atoms with van der Waals surface area (Å²) >= 11 is 0. The molecule has 0 atom stereocenters. The second kappa shape index (κ2) is 13.6. The van der Waals surface area contributed by atoms with Crippen LogP contribution in [0.1, 0.15) is 0 Å². The van der Waals surface area contributed by atoms with Crippen molar-refractivity contribution >= 4 is 80.5 Å².